The Balaban J connectivity index is 2.60. The summed E-state index contributed by atoms with van der Waals surface area (Å²) in [5, 5.41) is 14.6. The van der Waals surface area contributed by atoms with Crippen LogP contribution in [-0.2, 0) is 23.9 Å². The molecule has 7 heteroatoms. The maximum atomic E-state index is 11.2. The Hall–Kier alpha value is -0.820. The maximum Gasteiger partial charge on any atom is 0.165 e. The second-order valence-corrected chi connectivity index (χ2v) is 5.17. The van der Waals surface area contributed by atoms with Gasteiger partial charge in [-0.15, -0.1) is 5.10 Å². The van der Waals surface area contributed by atoms with Crippen LogP contribution in [0.3, 0.4) is 0 Å². The van der Waals surface area contributed by atoms with Gasteiger partial charge in [-0.3, -0.25) is 4.21 Å². The molecule has 1 rings (SSSR count). The summed E-state index contributed by atoms with van der Waals surface area (Å²) in [5.41, 5.74) is 0. The lowest BCUT2D eigenvalue weighted by Gasteiger charge is -2.09. The Morgan fingerprint density at radius 2 is 2.33 bits per heavy atom. The second kappa shape index (κ2) is 5.92. The van der Waals surface area contributed by atoms with Gasteiger partial charge in [0.1, 0.15) is 0 Å². The van der Waals surface area contributed by atoms with Gasteiger partial charge in [0.25, 0.3) is 0 Å². The monoisotopic (exact) mass is 231 g/mol. The Morgan fingerprint density at radius 3 is 2.93 bits per heavy atom. The van der Waals surface area contributed by atoms with E-state index in [1.807, 2.05) is 13.8 Å². The first-order valence-corrected chi connectivity index (χ1v) is 6.55. The van der Waals surface area contributed by atoms with E-state index in [9.17, 15) is 4.21 Å². The van der Waals surface area contributed by atoms with Crippen molar-refractivity contribution in [2.24, 2.45) is 0 Å². The van der Waals surface area contributed by atoms with Crippen LogP contribution < -0.4 is 5.32 Å². The highest BCUT2D eigenvalue weighted by Gasteiger charge is 2.11. The lowest BCUT2D eigenvalue weighted by atomic mass is 10.4. The SMILES string of the molecule is CCNCc1nnnn1CC(C)S(C)=O. The molecular formula is C8H17N5OS. The van der Waals surface area contributed by atoms with Gasteiger partial charge < -0.3 is 5.32 Å². The molecule has 0 aliphatic heterocycles. The zero-order valence-corrected chi connectivity index (χ0v) is 10.1. The highest BCUT2D eigenvalue weighted by Crippen LogP contribution is 1.99. The first-order valence-electron chi connectivity index (χ1n) is 4.93. The Kier molecular flexibility index (Phi) is 4.83. The van der Waals surface area contributed by atoms with Crippen molar-refractivity contribution in [3.05, 3.63) is 5.82 Å². The minimum Gasteiger partial charge on any atom is -0.310 e. The van der Waals surface area contributed by atoms with E-state index in [1.54, 1.807) is 10.9 Å². The summed E-state index contributed by atoms with van der Waals surface area (Å²) in [4.78, 5) is 0. The van der Waals surface area contributed by atoms with Crippen molar-refractivity contribution in [3.63, 3.8) is 0 Å². The molecule has 1 aromatic heterocycles. The summed E-state index contributed by atoms with van der Waals surface area (Å²) in [6.07, 6.45) is 1.69. The first-order chi connectivity index (χ1) is 7.15. The standard InChI is InChI=1S/C8H17N5OS/c1-4-9-5-8-10-11-12-13(8)6-7(2)15(3)14/h7,9H,4-6H2,1-3H3. The van der Waals surface area contributed by atoms with Crippen LogP contribution in [0.4, 0.5) is 0 Å². The molecule has 1 aromatic rings. The largest absolute Gasteiger partial charge is 0.310 e. The minimum atomic E-state index is -0.846. The van der Waals surface area contributed by atoms with Crippen LogP contribution in [0.15, 0.2) is 0 Å². The molecule has 86 valence electrons. The van der Waals surface area contributed by atoms with Gasteiger partial charge >= 0.3 is 0 Å². The fraction of sp³-hybridized carbons (Fsp3) is 0.875. The topological polar surface area (TPSA) is 72.7 Å². The van der Waals surface area contributed by atoms with Gasteiger partial charge in [-0.1, -0.05) is 6.92 Å². The number of rotatable bonds is 6. The summed E-state index contributed by atoms with van der Waals surface area (Å²) in [6.45, 7) is 6.07. The van der Waals surface area contributed by atoms with Gasteiger partial charge in [-0.2, -0.15) is 0 Å². The molecule has 0 fully saturated rings. The molecule has 0 aromatic carbocycles. The van der Waals surface area contributed by atoms with Gasteiger partial charge in [0.2, 0.25) is 0 Å². The van der Waals surface area contributed by atoms with Crippen LogP contribution in [0.2, 0.25) is 0 Å². The molecule has 0 saturated heterocycles. The molecule has 1 heterocycles. The third-order valence-electron chi connectivity index (χ3n) is 2.14. The third-order valence-corrected chi connectivity index (χ3v) is 3.42. The molecule has 0 spiro atoms. The molecule has 6 nitrogen and oxygen atoms in total. The molecule has 0 aliphatic carbocycles. The van der Waals surface area contributed by atoms with Crippen molar-refractivity contribution in [2.75, 3.05) is 12.8 Å². The predicted molar refractivity (Wildman–Crippen MR) is 58.7 cm³/mol. The quantitative estimate of drug-likeness (QED) is 0.718. The normalized spacial score (nSPS) is 15.1. The predicted octanol–water partition coefficient (Wildman–Crippen LogP) is -0.450. The Morgan fingerprint density at radius 1 is 1.60 bits per heavy atom. The summed E-state index contributed by atoms with van der Waals surface area (Å²) >= 11 is 0. The van der Waals surface area contributed by atoms with Crippen molar-refractivity contribution in [2.45, 2.75) is 32.2 Å². The fourth-order valence-electron chi connectivity index (χ4n) is 1.08. The van der Waals surface area contributed by atoms with Crippen molar-refractivity contribution in [1.29, 1.82) is 0 Å². The Bertz CT molecular complexity index is 327. The molecule has 1 N–H and O–H groups in total. The number of nitrogens with zero attached hydrogens (tertiary/aromatic N) is 4. The maximum absolute atomic E-state index is 11.2. The Labute approximate surface area is 91.9 Å². The van der Waals surface area contributed by atoms with Crippen molar-refractivity contribution in [1.82, 2.24) is 25.5 Å². The van der Waals surface area contributed by atoms with E-state index in [0.717, 1.165) is 12.4 Å². The highest BCUT2D eigenvalue weighted by atomic mass is 32.2. The highest BCUT2D eigenvalue weighted by molar-refractivity contribution is 7.84. The van der Waals surface area contributed by atoms with E-state index in [2.05, 4.69) is 20.8 Å². The molecule has 0 bridgehead atoms. The van der Waals surface area contributed by atoms with Crippen LogP contribution in [0.5, 0.6) is 0 Å². The van der Waals surface area contributed by atoms with Crippen molar-refractivity contribution >= 4 is 10.8 Å². The molecule has 2 atom stereocenters. The lowest BCUT2D eigenvalue weighted by Crippen LogP contribution is -2.23. The van der Waals surface area contributed by atoms with E-state index >= 15 is 0 Å². The van der Waals surface area contributed by atoms with Gasteiger partial charge in [-0.25, -0.2) is 4.68 Å². The number of aromatic nitrogens is 4. The average Bonchev–Trinajstić information content (AvgIpc) is 2.62. The molecule has 0 amide bonds. The van der Waals surface area contributed by atoms with Gasteiger partial charge in [0, 0.05) is 17.1 Å². The van der Waals surface area contributed by atoms with Gasteiger partial charge in [0.05, 0.1) is 18.3 Å². The average molecular weight is 231 g/mol. The number of tetrazole rings is 1. The zero-order chi connectivity index (χ0) is 11.3. The van der Waals surface area contributed by atoms with Crippen molar-refractivity contribution < 1.29 is 4.21 Å². The van der Waals surface area contributed by atoms with E-state index in [0.29, 0.717) is 13.1 Å². The summed E-state index contributed by atoms with van der Waals surface area (Å²) in [7, 11) is -0.846. The molecule has 0 saturated carbocycles. The molecule has 0 radical (unpaired) electrons. The van der Waals surface area contributed by atoms with E-state index in [-0.39, 0.29) is 5.25 Å². The van der Waals surface area contributed by atoms with E-state index in [4.69, 9.17) is 0 Å². The van der Waals surface area contributed by atoms with Crippen LogP contribution in [0.1, 0.15) is 19.7 Å². The van der Waals surface area contributed by atoms with E-state index < -0.39 is 10.8 Å². The minimum absolute atomic E-state index is 0.0638. The molecular weight excluding hydrogens is 214 g/mol. The lowest BCUT2D eigenvalue weighted by molar-refractivity contribution is 0.538. The van der Waals surface area contributed by atoms with Crippen LogP contribution in [-0.4, -0.2) is 42.5 Å². The second-order valence-electron chi connectivity index (χ2n) is 3.37. The van der Waals surface area contributed by atoms with Crippen LogP contribution >= 0.6 is 0 Å². The number of hydrogen-bond acceptors (Lipinski definition) is 5. The molecule has 0 aliphatic rings. The summed E-state index contributed by atoms with van der Waals surface area (Å²) in [6, 6.07) is 0. The van der Waals surface area contributed by atoms with Crippen LogP contribution in [0.25, 0.3) is 0 Å². The first kappa shape index (κ1) is 12.3. The molecule has 2 unspecified atom stereocenters. The third kappa shape index (κ3) is 3.67. The van der Waals surface area contributed by atoms with E-state index in [1.165, 1.54) is 0 Å². The molecule has 15 heavy (non-hydrogen) atoms. The zero-order valence-electron chi connectivity index (χ0n) is 9.30. The summed E-state index contributed by atoms with van der Waals surface area (Å²) < 4.78 is 12.9. The van der Waals surface area contributed by atoms with Gasteiger partial charge in [-0.05, 0) is 23.9 Å². The fourth-order valence-corrected chi connectivity index (χ4v) is 1.43. The number of hydrogen-bond donors (Lipinski definition) is 1. The van der Waals surface area contributed by atoms with Crippen molar-refractivity contribution in [3.8, 4) is 0 Å². The smallest absolute Gasteiger partial charge is 0.165 e. The van der Waals surface area contributed by atoms with Gasteiger partial charge in [0.15, 0.2) is 5.82 Å². The number of nitrogens with one attached hydrogen (secondary N) is 1. The van der Waals surface area contributed by atoms with Crippen LogP contribution in [0, 0.1) is 0 Å². The summed E-state index contributed by atoms with van der Waals surface area (Å²) in [5.74, 6) is 0.786.